The number of rotatable bonds is 6. The third-order valence-electron chi connectivity index (χ3n) is 28.2. The average molecular weight is 1690 g/mol. The maximum atomic E-state index is 6.57. The van der Waals surface area contributed by atoms with Crippen LogP contribution in [0.5, 0.6) is 0 Å². The molecule has 131 heavy (non-hydrogen) atoms. The molecule has 0 amide bonds. The van der Waals surface area contributed by atoms with Crippen LogP contribution in [0.2, 0.25) is 0 Å². The van der Waals surface area contributed by atoms with E-state index in [1.807, 2.05) is 108 Å². The van der Waals surface area contributed by atoms with Crippen molar-refractivity contribution < 1.29 is 30.9 Å². The Hall–Kier alpha value is -17.8. The topological polar surface area (TPSA) is 184 Å². The first-order chi connectivity index (χ1) is 65.0. The van der Waals surface area contributed by atoms with Gasteiger partial charge >= 0.3 is 0 Å². The minimum absolute atomic E-state index is 0.623. The van der Waals surface area contributed by atoms with Crippen LogP contribution in [0.3, 0.4) is 0 Å². The van der Waals surface area contributed by atoms with Gasteiger partial charge in [0, 0.05) is 161 Å². The summed E-state index contributed by atoms with van der Waals surface area (Å²) in [5, 5.41) is 30.3. The third kappa shape index (κ3) is 8.47. The van der Waals surface area contributed by atoms with Crippen molar-refractivity contribution in [3.63, 3.8) is 0 Å². The van der Waals surface area contributed by atoms with E-state index >= 15 is 0 Å². The zero-order valence-electron chi connectivity index (χ0n) is 68.4. The van der Waals surface area contributed by atoms with Crippen LogP contribution in [0.15, 0.2) is 352 Å². The van der Waals surface area contributed by atoms with E-state index in [4.69, 9.17) is 60.8 Å². The Bertz CT molecular complexity index is 10400. The third-order valence-corrected chi connectivity index (χ3v) is 29.3. The highest BCUT2D eigenvalue weighted by molar-refractivity contribution is 7.26. The van der Waals surface area contributed by atoms with Gasteiger partial charge < -0.3 is 30.9 Å². The van der Waals surface area contributed by atoms with Crippen molar-refractivity contribution in [1.82, 2.24) is 43.6 Å². The van der Waals surface area contributed by atoms with Gasteiger partial charge in [0.05, 0.1) is 66.7 Å². The van der Waals surface area contributed by atoms with E-state index in [0.29, 0.717) is 17.8 Å². The monoisotopic (exact) mass is 1690 g/mol. The van der Waals surface area contributed by atoms with Crippen LogP contribution in [0.4, 0.5) is 0 Å². The lowest BCUT2D eigenvalue weighted by Crippen LogP contribution is -2.03. The fourth-order valence-electron chi connectivity index (χ4n) is 23.1. The van der Waals surface area contributed by atoms with Crippen LogP contribution in [-0.2, 0) is 0 Å². The maximum Gasteiger partial charge on any atom is 0.235 e. The first kappa shape index (κ1) is 67.6. The van der Waals surface area contributed by atoms with E-state index < -0.39 is 0 Å². The quantitative estimate of drug-likeness (QED) is 0.153. The van der Waals surface area contributed by atoms with E-state index in [-0.39, 0.29) is 0 Å². The summed E-state index contributed by atoms with van der Waals surface area (Å²) in [7, 11) is 0. The predicted molar refractivity (Wildman–Crippen MR) is 529 cm³/mol. The van der Waals surface area contributed by atoms with Gasteiger partial charge in [-0.15, -0.1) is 11.3 Å². The molecule has 0 N–H and O–H groups in total. The Morgan fingerprint density at radius 1 is 0.160 bits per heavy atom. The van der Waals surface area contributed by atoms with Crippen LogP contribution < -0.4 is 0 Å². The zero-order valence-corrected chi connectivity index (χ0v) is 69.2. The molecular formula is C114H53N9O7S. The molecule has 16 nitrogen and oxygen atoms in total. The van der Waals surface area contributed by atoms with Crippen molar-refractivity contribution in [2.75, 3.05) is 0 Å². The van der Waals surface area contributed by atoms with Gasteiger partial charge in [-0.2, -0.15) is 0 Å². The molecule has 21 aromatic carbocycles. The van der Waals surface area contributed by atoms with Gasteiger partial charge in [-0.1, -0.05) is 170 Å². The van der Waals surface area contributed by atoms with Crippen molar-refractivity contribution in [2.24, 2.45) is 0 Å². The smallest absolute Gasteiger partial charge is 0.235 e. The van der Waals surface area contributed by atoms with Gasteiger partial charge in [-0.25, -0.2) is 29.9 Å². The van der Waals surface area contributed by atoms with Crippen LogP contribution in [0.25, 0.3) is 334 Å². The molecule has 0 aliphatic carbocycles. The summed E-state index contributed by atoms with van der Waals surface area (Å²) in [5.74, 6) is 1.91. The van der Waals surface area contributed by atoms with E-state index in [9.17, 15) is 0 Å². The number of para-hydroxylation sites is 3. The number of furan rings is 7. The highest BCUT2D eigenvalue weighted by Gasteiger charge is 2.35. The molecule has 0 atom stereocenters. The van der Waals surface area contributed by atoms with Gasteiger partial charge in [0.15, 0.2) is 0 Å². The van der Waals surface area contributed by atoms with Crippen LogP contribution >= 0.6 is 11.3 Å². The molecule has 0 bridgehead atoms. The van der Waals surface area contributed by atoms with Gasteiger partial charge in [0.1, 0.15) is 78.2 Å². The number of aromatic nitrogens is 9. The van der Waals surface area contributed by atoms with Crippen molar-refractivity contribution in [3.8, 4) is 51.6 Å². The zero-order chi connectivity index (χ0) is 84.3. The summed E-state index contributed by atoms with van der Waals surface area (Å²) in [6, 6.07) is 111. The number of fused-ring (bicyclic) bond motifs is 4. The van der Waals surface area contributed by atoms with Crippen LogP contribution in [0, 0.1) is 0 Å². The van der Waals surface area contributed by atoms with E-state index in [1.165, 1.54) is 52.5 Å². The number of thiophene rings is 1. The molecule has 0 aliphatic heterocycles. The van der Waals surface area contributed by atoms with Gasteiger partial charge in [-0.05, 0) is 162 Å². The largest absolute Gasteiger partial charge is 0.456 e. The summed E-state index contributed by atoms with van der Waals surface area (Å²) in [4.78, 5) is 31.5. The summed E-state index contributed by atoms with van der Waals surface area (Å²) in [6.07, 6.45) is 0. The molecule has 14 heterocycles. The molecule has 17 heteroatoms. The lowest BCUT2D eigenvalue weighted by molar-refractivity contribution is 0.660. The Kier molecular flexibility index (Phi) is 12.3. The molecule has 0 spiro atoms. The molecule has 602 valence electrons. The van der Waals surface area contributed by atoms with E-state index in [0.717, 1.165) is 264 Å². The second-order valence-corrected chi connectivity index (χ2v) is 35.8. The standard InChI is InChI=1S/2C38H17N3O3.C38H19N3OS/c2*1-2-6-18(7-3-1)37-19-8-4-5-9-20(19)39-38(40-37)41-21-10-12-23-31-29(21)30-22(41)11-13-24-32(30)34-26(43-24)15-17-28-36(34)35-27(44-28)16-14-25(42-23)33(31)35;1-2-8-20(9-3-1)37-23-10-4-5-13-24(23)39-38(40-37)41-25-14-6-11-21-22-12-7-15-29-32(22)36-30(43-29)19-18-28-35(36)34-27(42-28)17-16-26(41)33(34)31(21)25/h2*1-17H;1-19H. The molecule has 35 rings (SSSR count). The Morgan fingerprint density at radius 2 is 0.389 bits per heavy atom. The summed E-state index contributed by atoms with van der Waals surface area (Å²) in [6.45, 7) is 0. The molecule has 0 unspecified atom stereocenters. The SMILES string of the molecule is c1ccc(-c2nc(-n3c4ccc5oc6ccc7oc8ccc9oc%10ccc3c3c%10c9c8c7c6c5c34)nc3ccccc23)cc1.c1ccc(-c2nc(-n3c4ccc5oc6ccc7oc8ccc9oc%10ccc3c3c%10c9c8c7c6c5c34)nc3ccccc23)cc1.c1ccc(-c2nc(-n3c4cccc5c6cccc7sc8ccc9oc%10ccc3c(c%10c9c8c76)c54)nc3ccccc23)cc1. The predicted octanol–water partition coefficient (Wildman–Crippen LogP) is 31.5. The molecule has 14 aromatic heterocycles. The van der Waals surface area contributed by atoms with Gasteiger partial charge in [-0.3, -0.25) is 13.7 Å². The van der Waals surface area contributed by atoms with Crippen LogP contribution in [-0.4, -0.2) is 43.6 Å². The van der Waals surface area contributed by atoms with E-state index in [2.05, 4.69) is 238 Å². The second-order valence-electron chi connectivity index (χ2n) is 34.7. The number of hydrogen-bond donors (Lipinski definition) is 0. The normalized spacial score (nSPS) is 12.9. The van der Waals surface area contributed by atoms with Crippen molar-refractivity contribution in [1.29, 1.82) is 0 Å². The van der Waals surface area contributed by atoms with Crippen LogP contribution in [0.1, 0.15) is 0 Å². The highest BCUT2D eigenvalue weighted by Crippen LogP contribution is 2.58. The number of hydrogen-bond acceptors (Lipinski definition) is 14. The fraction of sp³-hybridized carbons (Fsp3) is 0. The number of benzene rings is 18. The van der Waals surface area contributed by atoms with Crippen molar-refractivity contribution in [3.05, 3.63) is 322 Å². The molecule has 35 aromatic rings. The lowest BCUT2D eigenvalue weighted by Gasteiger charge is -2.11. The molecule has 0 saturated carbocycles. The van der Waals surface area contributed by atoms with Crippen molar-refractivity contribution in [2.45, 2.75) is 0 Å². The fourth-order valence-corrected chi connectivity index (χ4v) is 24.3. The molecule has 0 saturated heterocycles. The summed E-state index contributed by atoms with van der Waals surface area (Å²) < 4.78 is 54.8. The molecule has 0 fully saturated rings. The maximum absolute atomic E-state index is 6.57. The molecule has 0 aliphatic rings. The molecule has 0 radical (unpaired) electrons. The minimum Gasteiger partial charge on any atom is -0.456 e. The minimum atomic E-state index is 0.623. The molecular weight excluding hydrogens is 1640 g/mol. The lowest BCUT2D eigenvalue weighted by atomic mass is 9.95. The Balaban J connectivity index is 0.0000000895. The Labute approximate surface area is 736 Å². The second kappa shape index (κ2) is 23.8. The van der Waals surface area contributed by atoms with E-state index in [1.54, 1.807) is 0 Å². The summed E-state index contributed by atoms with van der Waals surface area (Å²) in [5.41, 5.74) is 26.8. The first-order valence-electron chi connectivity index (χ1n) is 43.8. The van der Waals surface area contributed by atoms with Gasteiger partial charge in [0.2, 0.25) is 17.8 Å². The van der Waals surface area contributed by atoms with Crippen molar-refractivity contribution >= 4 is 294 Å². The Morgan fingerprint density at radius 3 is 0.710 bits per heavy atom. The van der Waals surface area contributed by atoms with Gasteiger partial charge in [0.25, 0.3) is 0 Å². The summed E-state index contributed by atoms with van der Waals surface area (Å²) >= 11 is 1.86. The number of nitrogens with zero attached hydrogens (tertiary/aromatic N) is 9. The highest BCUT2D eigenvalue weighted by atomic mass is 32.1. The average Bonchev–Trinajstić information content (AvgIpc) is 1.59. The first-order valence-corrected chi connectivity index (χ1v) is 44.6.